The number of anilines is 1. The predicted molar refractivity (Wildman–Crippen MR) is 99.8 cm³/mol. The average molecular weight is 341 g/mol. The summed E-state index contributed by atoms with van der Waals surface area (Å²) < 4.78 is 5.99. The van der Waals surface area contributed by atoms with E-state index in [1.54, 1.807) is 0 Å². The van der Waals surface area contributed by atoms with E-state index in [1.807, 2.05) is 36.5 Å². The van der Waals surface area contributed by atoms with Crippen LogP contribution < -0.4 is 10.1 Å². The third kappa shape index (κ3) is 4.94. The number of likely N-dealkylation sites (tertiary alicyclic amines) is 1. The van der Waals surface area contributed by atoms with Crippen molar-refractivity contribution in [3.05, 3.63) is 53.7 Å². The minimum Gasteiger partial charge on any atom is -0.474 e. The minimum atomic E-state index is 0.0606. The van der Waals surface area contributed by atoms with Gasteiger partial charge in [-0.05, 0) is 44.0 Å². The Morgan fingerprint density at radius 2 is 2.08 bits per heavy atom. The van der Waals surface area contributed by atoms with Gasteiger partial charge in [0.15, 0.2) is 0 Å². The Balaban J connectivity index is 1.56. The van der Waals surface area contributed by atoms with Crippen LogP contribution in [0.4, 0.5) is 5.69 Å². The van der Waals surface area contributed by atoms with Crippen molar-refractivity contribution in [3.63, 3.8) is 0 Å². The number of nitrogens with one attached hydrogen (secondary N) is 1. The van der Waals surface area contributed by atoms with E-state index in [4.69, 9.17) is 4.74 Å². The molecule has 1 aromatic heterocycles. The smallest absolute Gasteiger partial charge is 0.213 e. The van der Waals surface area contributed by atoms with E-state index in [0.29, 0.717) is 5.88 Å². The lowest BCUT2D eigenvalue weighted by atomic mass is 10.1. The normalized spacial score (nSPS) is 17.2. The lowest BCUT2D eigenvalue weighted by molar-refractivity contribution is 0.110. The molecule has 1 unspecified atom stereocenters. The molecule has 0 amide bonds. The molecule has 2 N–H and O–H groups in total. The summed E-state index contributed by atoms with van der Waals surface area (Å²) >= 11 is 0. The number of hydrogen-bond donors (Lipinski definition) is 2. The summed E-state index contributed by atoms with van der Waals surface area (Å²) in [6.45, 7) is 4.31. The van der Waals surface area contributed by atoms with Gasteiger partial charge in [-0.25, -0.2) is 4.98 Å². The first kappa shape index (κ1) is 17.7. The van der Waals surface area contributed by atoms with Gasteiger partial charge in [0.25, 0.3) is 0 Å². The number of ether oxygens (including phenoxy) is 1. The van der Waals surface area contributed by atoms with Crippen LogP contribution in [-0.4, -0.2) is 41.2 Å². The minimum absolute atomic E-state index is 0.0606. The fourth-order valence-corrected chi connectivity index (χ4v) is 3.10. The Hall–Kier alpha value is -2.11. The van der Waals surface area contributed by atoms with Gasteiger partial charge in [-0.15, -0.1) is 0 Å². The van der Waals surface area contributed by atoms with Crippen molar-refractivity contribution in [2.24, 2.45) is 0 Å². The molecule has 0 aliphatic carbocycles. The molecule has 1 aliphatic rings. The molecule has 0 spiro atoms. The van der Waals surface area contributed by atoms with Crippen LogP contribution in [-0.2, 0) is 6.61 Å². The second-order valence-corrected chi connectivity index (χ2v) is 6.77. The molecule has 3 rings (SSSR count). The summed E-state index contributed by atoms with van der Waals surface area (Å²) in [7, 11) is 2.15. The number of piperidine rings is 1. The van der Waals surface area contributed by atoms with Gasteiger partial charge in [0.2, 0.25) is 5.88 Å². The first-order valence-electron chi connectivity index (χ1n) is 8.91. The maximum atomic E-state index is 9.27. The lowest BCUT2D eigenvalue weighted by Gasteiger charge is -2.28. The Bertz CT molecular complexity index is 667. The zero-order valence-corrected chi connectivity index (χ0v) is 15.0. The van der Waals surface area contributed by atoms with Crippen LogP contribution in [0.3, 0.4) is 0 Å². The van der Waals surface area contributed by atoms with Crippen molar-refractivity contribution in [3.8, 4) is 5.88 Å². The van der Waals surface area contributed by atoms with Crippen LogP contribution in [0.25, 0.3) is 0 Å². The van der Waals surface area contributed by atoms with Crippen LogP contribution in [0.5, 0.6) is 5.88 Å². The number of pyridine rings is 1. The zero-order chi connectivity index (χ0) is 17.6. The fraction of sp³-hybridized carbons (Fsp3) is 0.450. The number of rotatable bonds is 6. The second-order valence-electron chi connectivity index (χ2n) is 6.77. The van der Waals surface area contributed by atoms with Gasteiger partial charge in [-0.2, -0.15) is 0 Å². The number of aliphatic hydroxyl groups excluding tert-OH is 1. The van der Waals surface area contributed by atoms with E-state index in [9.17, 15) is 5.11 Å². The molecule has 0 saturated carbocycles. The molecular weight excluding hydrogens is 314 g/mol. The largest absolute Gasteiger partial charge is 0.474 e. The number of aliphatic hydroxyl groups is 1. The molecule has 134 valence electrons. The van der Waals surface area contributed by atoms with Gasteiger partial charge in [-0.1, -0.05) is 24.3 Å². The maximum absolute atomic E-state index is 9.27. The third-order valence-electron chi connectivity index (χ3n) is 4.71. The molecule has 2 heterocycles. The highest BCUT2D eigenvalue weighted by Gasteiger charge is 2.18. The fourth-order valence-electron chi connectivity index (χ4n) is 3.10. The van der Waals surface area contributed by atoms with Crippen molar-refractivity contribution in [1.82, 2.24) is 9.88 Å². The van der Waals surface area contributed by atoms with Crippen molar-refractivity contribution >= 4 is 5.69 Å². The molecule has 5 heteroatoms. The van der Waals surface area contributed by atoms with E-state index in [0.717, 1.165) is 42.7 Å². The van der Waals surface area contributed by atoms with E-state index in [2.05, 4.69) is 35.2 Å². The molecule has 0 bridgehead atoms. The highest BCUT2D eigenvalue weighted by molar-refractivity contribution is 5.44. The molecule has 5 nitrogen and oxygen atoms in total. The molecule has 1 saturated heterocycles. The van der Waals surface area contributed by atoms with Crippen molar-refractivity contribution in [1.29, 1.82) is 0 Å². The van der Waals surface area contributed by atoms with Crippen LogP contribution >= 0.6 is 0 Å². The molecule has 1 atom stereocenters. The average Bonchev–Trinajstić information content (AvgIpc) is 2.65. The number of benzene rings is 1. The Morgan fingerprint density at radius 3 is 2.76 bits per heavy atom. The van der Waals surface area contributed by atoms with Crippen LogP contribution in [0.1, 0.15) is 36.9 Å². The van der Waals surface area contributed by atoms with Gasteiger partial charge in [-0.3, -0.25) is 0 Å². The molecule has 1 aromatic carbocycles. The maximum Gasteiger partial charge on any atom is 0.213 e. The van der Waals surface area contributed by atoms with E-state index < -0.39 is 0 Å². The highest BCUT2D eigenvalue weighted by Crippen LogP contribution is 2.22. The van der Waals surface area contributed by atoms with Crippen molar-refractivity contribution in [2.45, 2.75) is 38.5 Å². The van der Waals surface area contributed by atoms with Gasteiger partial charge < -0.3 is 20.1 Å². The molecule has 2 aromatic rings. The summed E-state index contributed by atoms with van der Waals surface area (Å²) in [6.07, 6.45) is 4.19. The molecule has 25 heavy (non-hydrogen) atoms. The second kappa shape index (κ2) is 8.32. The summed E-state index contributed by atoms with van der Waals surface area (Å²) in [5.41, 5.74) is 3.02. The van der Waals surface area contributed by atoms with Crippen molar-refractivity contribution in [2.75, 3.05) is 25.5 Å². The molecule has 0 radical (unpaired) electrons. The third-order valence-corrected chi connectivity index (χ3v) is 4.71. The predicted octanol–water partition coefficient (Wildman–Crippen LogP) is 3.22. The number of aromatic nitrogens is 1. The number of nitrogens with zero attached hydrogens (tertiary/aromatic N) is 2. The highest BCUT2D eigenvalue weighted by atomic mass is 16.5. The standard InChI is InChI=1S/C20H27N3O2/c1-15(17-5-3-4-16(12-17)14-24)22-18-6-7-20(21-13-18)25-19-8-10-23(2)11-9-19/h3-7,12-13,15,19,22,24H,8-11,14H2,1-2H3. The van der Waals surface area contributed by atoms with E-state index in [1.165, 1.54) is 0 Å². The quantitative estimate of drug-likeness (QED) is 0.845. The van der Waals surface area contributed by atoms with Gasteiger partial charge in [0.1, 0.15) is 6.10 Å². The number of hydrogen-bond acceptors (Lipinski definition) is 5. The Kier molecular flexibility index (Phi) is 5.89. The van der Waals surface area contributed by atoms with Crippen LogP contribution in [0.2, 0.25) is 0 Å². The van der Waals surface area contributed by atoms with Gasteiger partial charge >= 0.3 is 0 Å². The first-order valence-corrected chi connectivity index (χ1v) is 8.91. The first-order chi connectivity index (χ1) is 12.1. The summed E-state index contributed by atoms with van der Waals surface area (Å²) in [6, 6.07) is 12.0. The SMILES string of the molecule is CC(Nc1ccc(OC2CCN(C)CC2)nc1)c1cccc(CO)c1. The molecule has 1 fully saturated rings. The van der Waals surface area contributed by atoms with E-state index in [-0.39, 0.29) is 18.8 Å². The Labute approximate surface area is 149 Å². The summed E-state index contributed by atoms with van der Waals surface area (Å²) in [5.74, 6) is 0.690. The summed E-state index contributed by atoms with van der Waals surface area (Å²) in [5, 5.41) is 12.7. The Morgan fingerprint density at radius 1 is 1.28 bits per heavy atom. The topological polar surface area (TPSA) is 57.6 Å². The van der Waals surface area contributed by atoms with Crippen LogP contribution in [0, 0.1) is 0 Å². The molecule has 1 aliphatic heterocycles. The van der Waals surface area contributed by atoms with Crippen LogP contribution in [0.15, 0.2) is 42.6 Å². The van der Waals surface area contributed by atoms with Gasteiger partial charge in [0.05, 0.1) is 18.5 Å². The monoisotopic (exact) mass is 341 g/mol. The molecular formula is C20H27N3O2. The van der Waals surface area contributed by atoms with E-state index >= 15 is 0 Å². The summed E-state index contributed by atoms with van der Waals surface area (Å²) in [4.78, 5) is 6.76. The lowest BCUT2D eigenvalue weighted by Crippen LogP contribution is -2.35. The van der Waals surface area contributed by atoms with Gasteiger partial charge in [0, 0.05) is 25.2 Å². The zero-order valence-electron chi connectivity index (χ0n) is 15.0. The van der Waals surface area contributed by atoms with Crippen molar-refractivity contribution < 1.29 is 9.84 Å².